The Morgan fingerprint density at radius 2 is 2.04 bits per heavy atom. The molecule has 1 aromatic carbocycles. The first-order valence-corrected chi connectivity index (χ1v) is 8.68. The van der Waals surface area contributed by atoms with Crippen molar-refractivity contribution in [1.82, 2.24) is 14.8 Å². The summed E-state index contributed by atoms with van der Waals surface area (Å²) in [7, 11) is 0. The second kappa shape index (κ2) is 7.79. The first-order valence-electron chi connectivity index (χ1n) is 8.68. The lowest BCUT2D eigenvalue weighted by molar-refractivity contribution is 0.0699. The number of carboxylic acids is 1. The van der Waals surface area contributed by atoms with Crippen LogP contribution in [0.1, 0.15) is 22.3 Å². The number of piperazine rings is 1. The lowest BCUT2D eigenvalue weighted by atomic mass is 10.0. The minimum Gasteiger partial charge on any atom is -0.478 e. The van der Waals surface area contributed by atoms with Gasteiger partial charge in [0.1, 0.15) is 0 Å². The number of fused-ring (bicyclic) bond motifs is 1. The predicted molar refractivity (Wildman–Crippen MR) is 95.6 cm³/mol. The first-order chi connectivity index (χ1) is 11.7. The summed E-state index contributed by atoms with van der Waals surface area (Å²) < 4.78 is 2.09. The highest BCUT2D eigenvalue weighted by Gasteiger charge is 2.16. The molecule has 0 unspecified atom stereocenters. The Labute approximate surface area is 142 Å². The van der Waals surface area contributed by atoms with Crippen LogP contribution in [-0.2, 0) is 13.0 Å². The molecular weight excluding hydrogens is 304 g/mol. The van der Waals surface area contributed by atoms with Gasteiger partial charge in [0.05, 0.1) is 5.56 Å². The molecule has 130 valence electrons. The molecule has 0 aliphatic carbocycles. The molecule has 6 nitrogen and oxygen atoms in total. The number of carbonyl (C=O) groups is 1. The van der Waals surface area contributed by atoms with Gasteiger partial charge in [0.25, 0.3) is 0 Å². The van der Waals surface area contributed by atoms with E-state index in [0.717, 1.165) is 62.0 Å². The minimum atomic E-state index is -0.866. The van der Waals surface area contributed by atoms with Crippen molar-refractivity contribution in [3.05, 3.63) is 35.5 Å². The zero-order valence-electron chi connectivity index (χ0n) is 14.0. The molecule has 2 aromatic rings. The SMILES string of the molecule is NCCn1cc(CCCN2CCNCC2)c2c(C(=O)O)cccc21. The summed E-state index contributed by atoms with van der Waals surface area (Å²) in [6.45, 7) is 6.60. The molecule has 1 aliphatic rings. The topological polar surface area (TPSA) is 83.5 Å². The van der Waals surface area contributed by atoms with Crippen molar-refractivity contribution in [3.8, 4) is 0 Å². The summed E-state index contributed by atoms with van der Waals surface area (Å²) in [5.74, 6) is -0.866. The van der Waals surface area contributed by atoms with Crippen LogP contribution in [0.15, 0.2) is 24.4 Å². The fraction of sp³-hybridized carbons (Fsp3) is 0.500. The number of aromatic nitrogens is 1. The molecule has 3 rings (SSSR count). The molecule has 6 heteroatoms. The summed E-state index contributed by atoms with van der Waals surface area (Å²) in [5.41, 5.74) is 8.18. The summed E-state index contributed by atoms with van der Waals surface area (Å²) in [4.78, 5) is 14.1. The van der Waals surface area contributed by atoms with Crippen molar-refractivity contribution in [2.24, 2.45) is 5.73 Å². The van der Waals surface area contributed by atoms with Crippen LogP contribution >= 0.6 is 0 Å². The zero-order valence-corrected chi connectivity index (χ0v) is 14.0. The number of carboxylic acid groups (broad SMARTS) is 1. The summed E-state index contributed by atoms with van der Waals surface area (Å²) in [6, 6.07) is 5.48. The first kappa shape index (κ1) is 17.0. The van der Waals surface area contributed by atoms with Gasteiger partial charge in [-0.25, -0.2) is 4.79 Å². The molecule has 1 saturated heterocycles. The minimum absolute atomic E-state index is 0.389. The summed E-state index contributed by atoms with van der Waals surface area (Å²) in [6.07, 6.45) is 4.01. The largest absolute Gasteiger partial charge is 0.478 e. The Morgan fingerprint density at radius 3 is 2.75 bits per heavy atom. The highest BCUT2D eigenvalue weighted by atomic mass is 16.4. The molecule has 0 atom stereocenters. The number of benzene rings is 1. The number of nitrogens with one attached hydrogen (secondary N) is 1. The number of hydrogen-bond donors (Lipinski definition) is 3. The van der Waals surface area contributed by atoms with E-state index in [2.05, 4.69) is 21.0 Å². The number of rotatable bonds is 7. The maximum absolute atomic E-state index is 11.6. The lowest BCUT2D eigenvalue weighted by Crippen LogP contribution is -2.43. The Hall–Kier alpha value is -1.89. The molecule has 2 heterocycles. The van der Waals surface area contributed by atoms with E-state index < -0.39 is 5.97 Å². The van der Waals surface area contributed by atoms with Crippen LogP contribution in [0.3, 0.4) is 0 Å². The third-order valence-corrected chi connectivity index (χ3v) is 4.72. The molecule has 0 saturated carbocycles. The molecule has 0 bridgehead atoms. The van der Waals surface area contributed by atoms with Crippen molar-refractivity contribution in [2.75, 3.05) is 39.3 Å². The lowest BCUT2D eigenvalue weighted by Gasteiger charge is -2.27. The molecule has 4 N–H and O–H groups in total. The van der Waals surface area contributed by atoms with Crippen LogP contribution in [-0.4, -0.2) is 59.8 Å². The van der Waals surface area contributed by atoms with E-state index in [1.807, 2.05) is 12.1 Å². The Bertz CT molecular complexity index is 704. The standard InChI is InChI=1S/C18H26N4O2/c19-6-10-22-13-14(3-2-9-21-11-7-20-8-12-21)17-15(18(23)24)4-1-5-16(17)22/h1,4-5,13,20H,2-3,6-12,19H2,(H,23,24). The third-order valence-electron chi connectivity index (χ3n) is 4.72. The second-order valence-corrected chi connectivity index (χ2v) is 6.34. The van der Waals surface area contributed by atoms with E-state index in [9.17, 15) is 9.90 Å². The van der Waals surface area contributed by atoms with E-state index in [0.29, 0.717) is 18.7 Å². The molecule has 24 heavy (non-hydrogen) atoms. The van der Waals surface area contributed by atoms with Gasteiger partial charge < -0.3 is 25.6 Å². The van der Waals surface area contributed by atoms with Gasteiger partial charge in [0.2, 0.25) is 0 Å². The quantitative estimate of drug-likeness (QED) is 0.709. The average molecular weight is 330 g/mol. The van der Waals surface area contributed by atoms with Crippen LogP contribution in [0.25, 0.3) is 10.9 Å². The van der Waals surface area contributed by atoms with Gasteiger partial charge in [-0.05, 0) is 37.1 Å². The zero-order chi connectivity index (χ0) is 16.9. The molecular formula is C18H26N4O2. The van der Waals surface area contributed by atoms with E-state index in [4.69, 9.17) is 5.73 Å². The van der Waals surface area contributed by atoms with Crippen LogP contribution in [0.5, 0.6) is 0 Å². The van der Waals surface area contributed by atoms with Crippen LogP contribution < -0.4 is 11.1 Å². The molecule has 0 amide bonds. The normalized spacial score (nSPS) is 15.9. The fourth-order valence-corrected chi connectivity index (χ4v) is 3.56. The molecule has 0 spiro atoms. The van der Waals surface area contributed by atoms with Gasteiger partial charge >= 0.3 is 5.97 Å². The van der Waals surface area contributed by atoms with Crippen LogP contribution in [0, 0.1) is 0 Å². The van der Waals surface area contributed by atoms with E-state index in [1.165, 1.54) is 0 Å². The van der Waals surface area contributed by atoms with Gasteiger partial charge in [0.15, 0.2) is 0 Å². The average Bonchev–Trinajstić information content (AvgIpc) is 2.94. The number of nitrogens with two attached hydrogens (primary N) is 1. The van der Waals surface area contributed by atoms with Crippen molar-refractivity contribution in [2.45, 2.75) is 19.4 Å². The van der Waals surface area contributed by atoms with Gasteiger partial charge in [-0.2, -0.15) is 0 Å². The fourth-order valence-electron chi connectivity index (χ4n) is 3.56. The van der Waals surface area contributed by atoms with E-state index >= 15 is 0 Å². The van der Waals surface area contributed by atoms with Gasteiger partial charge in [0, 0.05) is 56.4 Å². The highest BCUT2D eigenvalue weighted by Crippen LogP contribution is 2.26. The molecule has 1 fully saturated rings. The van der Waals surface area contributed by atoms with E-state index in [-0.39, 0.29) is 0 Å². The predicted octanol–water partition coefficient (Wildman–Crippen LogP) is 1.14. The third kappa shape index (κ3) is 3.61. The van der Waals surface area contributed by atoms with Crippen molar-refractivity contribution < 1.29 is 9.90 Å². The smallest absolute Gasteiger partial charge is 0.336 e. The van der Waals surface area contributed by atoms with Crippen molar-refractivity contribution in [1.29, 1.82) is 0 Å². The number of hydrogen-bond acceptors (Lipinski definition) is 4. The summed E-state index contributed by atoms with van der Waals surface area (Å²) in [5, 5.41) is 13.8. The Kier molecular flexibility index (Phi) is 5.50. The molecule has 1 aromatic heterocycles. The number of aromatic carboxylic acids is 1. The maximum atomic E-state index is 11.6. The molecule has 0 radical (unpaired) electrons. The Balaban J connectivity index is 1.81. The van der Waals surface area contributed by atoms with Gasteiger partial charge in [-0.3, -0.25) is 0 Å². The summed E-state index contributed by atoms with van der Waals surface area (Å²) >= 11 is 0. The maximum Gasteiger partial charge on any atom is 0.336 e. The highest BCUT2D eigenvalue weighted by molar-refractivity contribution is 6.04. The Morgan fingerprint density at radius 1 is 1.25 bits per heavy atom. The van der Waals surface area contributed by atoms with Crippen LogP contribution in [0.2, 0.25) is 0 Å². The number of nitrogens with zero attached hydrogens (tertiary/aromatic N) is 2. The van der Waals surface area contributed by atoms with Crippen molar-refractivity contribution in [3.63, 3.8) is 0 Å². The van der Waals surface area contributed by atoms with E-state index in [1.54, 1.807) is 6.07 Å². The van der Waals surface area contributed by atoms with Gasteiger partial charge in [-0.1, -0.05) is 6.07 Å². The van der Waals surface area contributed by atoms with Crippen LogP contribution in [0.4, 0.5) is 0 Å². The second-order valence-electron chi connectivity index (χ2n) is 6.34. The van der Waals surface area contributed by atoms with Gasteiger partial charge in [-0.15, -0.1) is 0 Å². The molecule has 1 aliphatic heterocycles. The van der Waals surface area contributed by atoms with Crippen molar-refractivity contribution >= 4 is 16.9 Å². The number of aryl methyl sites for hydroxylation is 1. The monoisotopic (exact) mass is 330 g/mol.